The minimum absolute atomic E-state index is 0. The van der Waals surface area contributed by atoms with Crippen LogP contribution in [0.25, 0.3) is 0 Å². The Bertz CT molecular complexity index is 416. The highest BCUT2D eigenvalue weighted by atomic mass is 35.5. The molecule has 1 fully saturated rings. The van der Waals surface area contributed by atoms with E-state index in [1.807, 2.05) is 20.8 Å². The first-order chi connectivity index (χ1) is 10.2. The molecule has 1 saturated heterocycles. The molecule has 1 rings (SSSR count). The lowest BCUT2D eigenvalue weighted by Gasteiger charge is -2.33. The largest absolute Gasteiger partial charge is 0.480 e. The summed E-state index contributed by atoms with van der Waals surface area (Å²) in [5.74, 6) is -1.46. The van der Waals surface area contributed by atoms with Crippen molar-refractivity contribution in [1.82, 2.24) is 10.2 Å². The number of carbonyl (C=O) groups is 3. The van der Waals surface area contributed by atoms with Gasteiger partial charge < -0.3 is 24.8 Å². The van der Waals surface area contributed by atoms with Crippen LogP contribution in [0.1, 0.15) is 33.6 Å². The summed E-state index contributed by atoms with van der Waals surface area (Å²) in [6, 6.07) is -0.0420. The molecule has 0 aromatic heterocycles. The molecule has 1 aliphatic heterocycles. The summed E-state index contributed by atoms with van der Waals surface area (Å²) in [5, 5.41) is 11.2. The van der Waals surface area contributed by atoms with Crippen LogP contribution in [0.3, 0.4) is 0 Å². The third kappa shape index (κ3) is 9.25. The number of piperidine rings is 1. The lowest BCUT2D eigenvalue weighted by atomic mass is 10.1. The van der Waals surface area contributed by atoms with Crippen LogP contribution in [0.4, 0.5) is 4.79 Å². The lowest BCUT2D eigenvalue weighted by Crippen LogP contribution is -2.48. The van der Waals surface area contributed by atoms with Crippen LogP contribution in [0.5, 0.6) is 0 Å². The van der Waals surface area contributed by atoms with Gasteiger partial charge >= 0.3 is 12.1 Å². The van der Waals surface area contributed by atoms with Crippen LogP contribution in [0.15, 0.2) is 0 Å². The van der Waals surface area contributed by atoms with Crippen LogP contribution in [-0.4, -0.2) is 65.9 Å². The average molecular weight is 353 g/mol. The molecule has 0 atom stereocenters. The third-order valence-corrected chi connectivity index (χ3v) is 2.97. The van der Waals surface area contributed by atoms with Crippen molar-refractivity contribution in [3.63, 3.8) is 0 Å². The number of carboxylic acids is 1. The molecular weight excluding hydrogens is 328 g/mol. The third-order valence-electron chi connectivity index (χ3n) is 2.97. The van der Waals surface area contributed by atoms with E-state index in [9.17, 15) is 14.4 Å². The lowest BCUT2D eigenvalue weighted by molar-refractivity contribution is -0.143. The molecule has 2 amide bonds. The molecule has 0 saturated carbocycles. The standard InChI is InChI=1S/C14H24N2O6.ClH/c1-14(2,3)22-13(20)16-6-4-10(5-7-16)15-11(17)8-21-9-12(18)19;/h10H,4-9H2,1-3H3,(H,15,17)(H,18,19);1H. The predicted molar refractivity (Wildman–Crippen MR) is 84.7 cm³/mol. The summed E-state index contributed by atoms with van der Waals surface area (Å²) in [7, 11) is 0. The average Bonchev–Trinajstić information content (AvgIpc) is 2.37. The molecule has 0 unspecified atom stereocenters. The summed E-state index contributed by atoms with van der Waals surface area (Å²) < 4.78 is 10.0. The van der Waals surface area contributed by atoms with E-state index in [0.717, 1.165) is 0 Å². The zero-order chi connectivity index (χ0) is 16.8. The Morgan fingerprint density at radius 2 is 1.74 bits per heavy atom. The summed E-state index contributed by atoms with van der Waals surface area (Å²) in [6.45, 7) is 5.69. The van der Waals surface area contributed by atoms with E-state index in [0.29, 0.717) is 25.9 Å². The van der Waals surface area contributed by atoms with Crippen molar-refractivity contribution in [1.29, 1.82) is 0 Å². The van der Waals surface area contributed by atoms with Gasteiger partial charge in [-0.1, -0.05) is 0 Å². The number of aliphatic carboxylic acids is 1. The number of nitrogens with one attached hydrogen (secondary N) is 1. The molecule has 0 spiro atoms. The van der Waals surface area contributed by atoms with Gasteiger partial charge in [0.1, 0.15) is 18.8 Å². The topological polar surface area (TPSA) is 105 Å². The first-order valence-corrected chi connectivity index (χ1v) is 7.24. The van der Waals surface area contributed by atoms with Gasteiger partial charge in [-0.3, -0.25) is 4.79 Å². The molecule has 23 heavy (non-hydrogen) atoms. The minimum Gasteiger partial charge on any atom is -0.480 e. The van der Waals surface area contributed by atoms with Gasteiger partial charge in [0.25, 0.3) is 0 Å². The minimum atomic E-state index is -1.11. The monoisotopic (exact) mass is 352 g/mol. The molecule has 0 aliphatic carbocycles. The predicted octanol–water partition coefficient (Wildman–Crippen LogP) is 1.03. The van der Waals surface area contributed by atoms with E-state index in [1.54, 1.807) is 4.90 Å². The van der Waals surface area contributed by atoms with Crippen LogP contribution < -0.4 is 5.32 Å². The number of hydrogen-bond donors (Lipinski definition) is 2. The Balaban J connectivity index is 0.00000484. The molecule has 2 N–H and O–H groups in total. The van der Waals surface area contributed by atoms with Crippen molar-refractivity contribution in [2.45, 2.75) is 45.3 Å². The van der Waals surface area contributed by atoms with Crippen LogP contribution in [-0.2, 0) is 19.1 Å². The van der Waals surface area contributed by atoms with Gasteiger partial charge in [0, 0.05) is 19.1 Å². The molecule has 134 valence electrons. The summed E-state index contributed by atoms with van der Waals surface area (Å²) in [5.41, 5.74) is -0.524. The zero-order valence-corrected chi connectivity index (χ0v) is 14.5. The maximum absolute atomic E-state index is 11.9. The molecular formula is C14H25ClN2O6. The van der Waals surface area contributed by atoms with Gasteiger partial charge in [-0.2, -0.15) is 0 Å². The van der Waals surface area contributed by atoms with E-state index in [4.69, 9.17) is 14.6 Å². The summed E-state index contributed by atoms with van der Waals surface area (Å²) in [6.07, 6.45) is 0.912. The fourth-order valence-electron chi connectivity index (χ4n) is 2.03. The molecule has 1 aliphatic rings. The van der Waals surface area contributed by atoms with Gasteiger partial charge in [0.15, 0.2) is 0 Å². The highest BCUT2D eigenvalue weighted by molar-refractivity contribution is 5.85. The number of rotatable bonds is 5. The second-order valence-electron chi connectivity index (χ2n) is 6.20. The van der Waals surface area contributed by atoms with Crippen molar-refractivity contribution >= 4 is 30.4 Å². The number of nitrogens with zero attached hydrogens (tertiary/aromatic N) is 1. The Morgan fingerprint density at radius 1 is 1.17 bits per heavy atom. The molecule has 0 radical (unpaired) electrons. The van der Waals surface area contributed by atoms with Crippen LogP contribution in [0, 0.1) is 0 Å². The Kier molecular flexibility index (Phi) is 8.93. The van der Waals surface area contributed by atoms with Crippen molar-refractivity contribution in [2.75, 3.05) is 26.3 Å². The summed E-state index contributed by atoms with van der Waals surface area (Å²) in [4.78, 5) is 35.3. The maximum atomic E-state index is 11.9. The molecule has 8 nitrogen and oxygen atoms in total. The molecule has 0 bridgehead atoms. The maximum Gasteiger partial charge on any atom is 0.410 e. The first-order valence-electron chi connectivity index (χ1n) is 7.24. The SMILES string of the molecule is CC(C)(C)OC(=O)N1CCC(NC(=O)COCC(=O)O)CC1.Cl. The van der Waals surface area contributed by atoms with E-state index < -0.39 is 18.2 Å². The fourth-order valence-corrected chi connectivity index (χ4v) is 2.03. The van der Waals surface area contributed by atoms with Gasteiger partial charge in [0.05, 0.1) is 0 Å². The molecule has 0 aromatic carbocycles. The van der Waals surface area contributed by atoms with Crippen molar-refractivity contribution < 1.29 is 29.0 Å². The highest BCUT2D eigenvalue weighted by Gasteiger charge is 2.27. The van der Waals surface area contributed by atoms with Gasteiger partial charge in [-0.25, -0.2) is 9.59 Å². The van der Waals surface area contributed by atoms with Crippen molar-refractivity contribution in [2.24, 2.45) is 0 Å². The fraction of sp³-hybridized carbons (Fsp3) is 0.786. The first kappa shape index (κ1) is 21.5. The molecule has 1 heterocycles. The van der Waals surface area contributed by atoms with E-state index >= 15 is 0 Å². The number of ether oxygens (including phenoxy) is 2. The number of carbonyl (C=O) groups excluding carboxylic acids is 2. The van der Waals surface area contributed by atoms with E-state index in [1.165, 1.54) is 0 Å². The second-order valence-corrected chi connectivity index (χ2v) is 6.20. The number of amides is 2. The molecule has 0 aromatic rings. The Morgan fingerprint density at radius 3 is 2.22 bits per heavy atom. The van der Waals surface area contributed by atoms with Crippen molar-refractivity contribution in [3.8, 4) is 0 Å². The van der Waals surface area contributed by atoms with Gasteiger partial charge in [0.2, 0.25) is 5.91 Å². The van der Waals surface area contributed by atoms with E-state index in [-0.39, 0.29) is 37.1 Å². The Hall–Kier alpha value is -1.54. The highest BCUT2D eigenvalue weighted by Crippen LogP contribution is 2.15. The number of halogens is 1. The van der Waals surface area contributed by atoms with E-state index in [2.05, 4.69) is 5.32 Å². The zero-order valence-electron chi connectivity index (χ0n) is 13.7. The second kappa shape index (κ2) is 9.57. The van der Waals surface area contributed by atoms with Crippen molar-refractivity contribution in [3.05, 3.63) is 0 Å². The van der Waals surface area contributed by atoms with Gasteiger partial charge in [-0.05, 0) is 33.6 Å². The Labute approximate surface area is 141 Å². The van der Waals surface area contributed by atoms with Crippen LogP contribution >= 0.6 is 12.4 Å². The quantitative estimate of drug-likeness (QED) is 0.765. The smallest absolute Gasteiger partial charge is 0.410 e. The number of hydrogen-bond acceptors (Lipinski definition) is 5. The molecule has 9 heteroatoms. The number of carboxylic acid groups (broad SMARTS) is 1. The summed E-state index contributed by atoms with van der Waals surface area (Å²) >= 11 is 0. The van der Waals surface area contributed by atoms with Crippen LogP contribution in [0.2, 0.25) is 0 Å². The van der Waals surface area contributed by atoms with Gasteiger partial charge in [-0.15, -0.1) is 12.4 Å². The number of likely N-dealkylation sites (tertiary alicyclic amines) is 1. The normalized spacial score (nSPS) is 15.5.